The lowest BCUT2D eigenvalue weighted by Crippen LogP contribution is -2.45. The molecule has 0 aromatic heterocycles. The van der Waals surface area contributed by atoms with E-state index in [1.807, 2.05) is 0 Å². The average Bonchev–Trinajstić information content (AvgIpc) is 3.66. The molecule has 36 heavy (non-hydrogen) atoms. The molecule has 1 aliphatic heterocycles. The number of alkyl halides is 3. The number of allylic oxidation sites excluding steroid dienone is 3. The number of aldehydes is 1. The molecular formula is C24H28F3N5O4. The molecule has 1 fully saturated rings. The molecule has 0 atom stereocenters. The van der Waals surface area contributed by atoms with Crippen LogP contribution in [0, 0.1) is 0 Å². The summed E-state index contributed by atoms with van der Waals surface area (Å²) in [6.07, 6.45) is 1.34. The predicted octanol–water partition coefficient (Wildman–Crippen LogP) is 1.97. The van der Waals surface area contributed by atoms with Gasteiger partial charge in [0.25, 0.3) is 5.91 Å². The van der Waals surface area contributed by atoms with Gasteiger partial charge in [-0.15, -0.1) is 13.2 Å². The maximum Gasteiger partial charge on any atom is 0.573 e. The van der Waals surface area contributed by atoms with E-state index in [-0.39, 0.29) is 41.3 Å². The molecule has 0 spiro atoms. The molecule has 2 aliphatic rings. The first-order valence-corrected chi connectivity index (χ1v) is 11.3. The van der Waals surface area contributed by atoms with Gasteiger partial charge < -0.3 is 31.3 Å². The second-order valence-electron chi connectivity index (χ2n) is 8.53. The molecular weight excluding hydrogens is 479 g/mol. The Kier molecular flexibility index (Phi) is 8.28. The van der Waals surface area contributed by atoms with Crippen LogP contribution in [0.15, 0.2) is 53.5 Å². The van der Waals surface area contributed by atoms with E-state index in [2.05, 4.69) is 10.1 Å². The largest absolute Gasteiger partial charge is 0.573 e. The molecule has 194 valence electrons. The van der Waals surface area contributed by atoms with Gasteiger partial charge in [-0.25, -0.2) is 0 Å². The fraction of sp³-hybridized carbons (Fsp3) is 0.375. The Morgan fingerprint density at radius 3 is 2.61 bits per heavy atom. The van der Waals surface area contributed by atoms with Crippen molar-refractivity contribution < 1.29 is 32.3 Å². The van der Waals surface area contributed by atoms with Gasteiger partial charge in [0.15, 0.2) is 0 Å². The first kappa shape index (κ1) is 26.6. The summed E-state index contributed by atoms with van der Waals surface area (Å²) in [5.74, 6) is -1.29. The smallest absolute Gasteiger partial charge is 0.406 e. The number of carbonyl (C=O) groups excluding carboxylic acids is 3. The van der Waals surface area contributed by atoms with Crippen LogP contribution in [0.1, 0.15) is 31.2 Å². The summed E-state index contributed by atoms with van der Waals surface area (Å²) in [7, 11) is 1.69. The number of likely N-dealkylation sites (N-methyl/N-ethyl adjacent to an activating group) is 1. The van der Waals surface area contributed by atoms with Crippen molar-refractivity contribution in [3.8, 4) is 5.75 Å². The van der Waals surface area contributed by atoms with Gasteiger partial charge in [0.2, 0.25) is 5.91 Å². The summed E-state index contributed by atoms with van der Waals surface area (Å²) >= 11 is 0. The number of carbonyl (C=O) groups is 3. The Hall–Kier alpha value is -3.96. The molecule has 5 N–H and O–H groups in total. The summed E-state index contributed by atoms with van der Waals surface area (Å²) < 4.78 is 41.2. The highest BCUT2D eigenvalue weighted by Crippen LogP contribution is 2.30. The van der Waals surface area contributed by atoms with E-state index in [9.17, 15) is 27.6 Å². The third-order valence-corrected chi connectivity index (χ3v) is 5.72. The number of hydrogen-bond donors (Lipinski definition) is 3. The molecule has 0 saturated heterocycles. The highest BCUT2D eigenvalue weighted by Gasteiger charge is 2.35. The van der Waals surface area contributed by atoms with Gasteiger partial charge >= 0.3 is 6.36 Å². The van der Waals surface area contributed by atoms with Gasteiger partial charge in [0, 0.05) is 36.5 Å². The van der Waals surface area contributed by atoms with Crippen LogP contribution in [0.4, 0.5) is 13.2 Å². The van der Waals surface area contributed by atoms with Crippen molar-refractivity contribution in [2.45, 2.75) is 38.1 Å². The molecule has 1 aromatic rings. The van der Waals surface area contributed by atoms with Crippen molar-refractivity contribution in [3.63, 3.8) is 0 Å². The second kappa shape index (κ2) is 11.2. The van der Waals surface area contributed by atoms with E-state index in [0.717, 1.165) is 25.0 Å². The van der Waals surface area contributed by atoms with E-state index >= 15 is 0 Å². The number of rotatable bonds is 9. The highest BCUT2D eigenvalue weighted by atomic mass is 19.4. The average molecular weight is 508 g/mol. The zero-order chi connectivity index (χ0) is 26.5. The predicted molar refractivity (Wildman–Crippen MR) is 125 cm³/mol. The van der Waals surface area contributed by atoms with Crippen LogP contribution in [0.2, 0.25) is 0 Å². The molecule has 1 aromatic carbocycles. The monoisotopic (exact) mass is 507 g/mol. The Morgan fingerprint density at radius 1 is 1.25 bits per heavy atom. The minimum absolute atomic E-state index is 0.0646. The number of nitrogens with one attached hydrogen (secondary N) is 1. The van der Waals surface area contributed by atoms with Gasteiger partial charge in [-0.05, 0) is 50.0 Å². The zero-order valence-corrected chi connectivity index (χ0v) is 19.7. The molecule has 12 heteroatoms. The highest BCUT2D eigenvalue weighted by molar-refractivity contribution is 5.99. The SMILES string of the molecule is CN(C(=O)C1=C(C=O)CCCN1CC(=O)N/C(N)=C/C=C(\N)c1cccc(OC(F)(F)F)c1)C1CC1. The normalized spacial score (nSPS) is 17.1. The zero-order valence-electron chi connectivity index (χ0n) is 19.7. The minimum atomic E-state index is -4.83. The maximum atomic E-state index is 13.0. The number of benzene rings is 1. The Labute approximate surface area is 206 Å². The van der Waals surface area contributed by atoms with Crippen molar-refractivity contribution >= 4 is 23.8 Å². The molecule has 9 nitrogen and oxygen atoms in total. The number of nitrogens with two attached hydrogens (primary N) is 2. The number of halogens is 3. The van der Waals surface area contributed by atoms with Crippen molar-refractivity contribution in [1.82, 2.24) is 15.1 Å². The lowest BCUT2D eigenvalue weighted by Gasteiger charge is -2.33. The van der Waals surface area contributed by atoms with E-state index in [1.54, 1.807) is 16.8 Å². The molecule has 2 amide bonds. The van der Waals surface area contributed by atoms with E-state index in [1.165, 1.54) is 24.3 Å². The number of ether oxygens (including phenoxy) is 1. The molecule has 0 bridgehead atoms. The fourth-order valence-corrected chi connectivity index (χ4v) is 3.80. The fourth-order valence-electron chi connectivity index (χ4n) is 3.80. The summed E-state index contributed by atoms with van der Waals surface area (Å²) in [4.78, 5) is 40.4. The summed E-state index contributed by atoms with van der Waals surface area (Å²) in [6.45, 7) is 0.235. The third kappa shape index (κ3) is 7.27. The topological polar surface area (TPSA) is 131 Å². The summed E-state index contributed by atoms with van der Waals surface area (Å²) in [5, 5.41) is 2.48. The molecule has 0 radical (unpaired) electrons. The number of nitrogens with zero attached hydrogens (tertiary/aromatic N) is 2. The molecule has 1 heterocycles. The van der Waals surface area contributed by atoms with Crippen LogP contribution < -0.4 is 21.5 Å². The van der Waals surface area contributed by atoms with Gasteiger partial charge in [0.05, 0.1) is 6.54 Å². The Morgan fingerprint density at radius 2 is 1.97 bits per heavy atom. The van der Waals surface area contributed by atoms with E-state index < -0.39 is 18.0 Å². The van der Waals surface area contributed by atoms with E-state index in [4.69, 9.17) is 11.5 Å². The number of amides is 2. The van der Waals surface area contributed by atoms with Crippen LogP contribution in [0.25, 0.3) is 5.70 Å². The molecule has 0 unspecified atom stereocenters. The maximum absolute atomic E-state index is 13.0. The molecule has 3 rings (SSSR count). The lowest BCUT2D eigenvalue weighted by atomic mass is 10.0. The van der Waals surface area contributed by atoms with Crippen LogP contribution in [0.5, 0.6) is 5.75 Å². The second-order valence-corrected chi connectivity index (χ2v) is 8.53. The Bertz CT molecular complexity index is 1110. The standard InChI is InChI=1S/C24H28F3N5O4/c1-31(17-7-8-17)23(35)22-16(14-33)5-3-11-32(22)13-21(34)30-20(29)10-9-19(28)15-4-2-6-18(12-15)36-24(25,26)27/h2,4,6,9-10,12,14,17H,3,5,7-8,11,13,28-29H2,1H3,(H,30,34)/b19-9-,20-10+. The molecule has 1 saturated carbocycles. The quantitative estimate of drug-likeness (QED) is 0.344. The van der Waals surface area contributed by atoms with Crippen LogP contribution in [-0.2, 0) is 14.4 Å². The third-order valence-electron chi connectivity index (χ3n) is 5.72. The summed E-state index contributed by atoms with van der Waals surface area (Å²) in [5.41, 5.74) is 12.7. The molecule has 1 aliphatic carbocycles. The van der Waals surface area contributed by atoms with Crippen LogP contribution >= 0.6 is 0 Å². The van der Waals surface area contributed by atoms with Gasteiger partial charge in [-0.2, -0.15) is 0 Å². The van der Waals surface area contributed by atoms with Gasteiger partial charge in [-0.1, -0.05) is 12.1 Å². The van der Waals surface area contributed by atoms with Crippen molar-refractivity contribution in [2.24, 2.45) is 11.5 Å². The van der Waals surface area contributed by atoms with Crippen molar-refractivity contribution in [3.05, 3.63) is 59.1 Å². The summed E-state index contributed by atoms with van der Waals surface area (Å²) in [6, 6.07) is 5.24. The van der Waals surface area contributed by atoms with Crippen LogP contribution in [0.3, 0.4) is 0 Å². The van der Waals surface area contributed by atoms with Crippen molar-refractivity contribution in [2.75, 3.05) is 20.1 Å². The van der Waals surface area contributed by atoms with Crippen LogP contribution in [-0.4, -0.2) is 60.4 Å². The van der Waals surface area contributed by atoms with Crippen molar-refractivity contribution in [1.29, 1.82) is 0 Å². The first-order valence-electron chi connectivity index (χ1n) is 11.3. The number of hydrogen-bond acceptors (Lipinski definition) is 7. The lowest BCUT2D eigenvalue weighted by molar-refractivity contribution is -0.274. The van der Waals surface area contributed by atoms with E-state index in [0.29, 0.717) is 31.2 Å². The van der Waals surface area contributed by atoms with Gasteiger partial charge in [0.1, 0.15) is 23.6 Å². The first-order chi connectivity index (χ1) is 17.0. The minimum Gasteiger partial charge on any atom is -0.406 e. The Balaban J connectivity index is 1.65. The van der Waals surface area contributed by atoms with Gasteiger partial charge in [-0.3, -0.25) is 14.4 Å².